The van der Waals surface area contributed by atoms with Crippen LogP contribution in [-0.2, 0) is 9.47 Å². The highest BCUT2D eigenvalue weighted by Gasteiger charge is 2.18. The average molecular weight is 272 g/mol. The molecule has 0 fully saturated rings. The maximum absolute atomic E-state index is 10.1. The lowest BCUT2D eigenvalue weighted by Gasteiger charge is -2.22. The molecule has 0 radical (unpaired) electrons. The monoisotopic (exact) mass is 272 g/mol. The number of hydrogen-bond acceptors (Lipinski definition) is 4. The molecule has 4 nitrogen and oxygen atoms in total. The molecule has 0 rings (SSSR count). The fourth-order valence-electron chi connectivity index (χ4n) is 1.92. The first-order valence-corrected chi connectivity index (χ1v) is 7.04. The van der Waals surface area contributed by atoms with Crippen molar-refractivity contribution in [1.29, 1.82) is 0 Å². The molecule has 2 N–H and O–H groups in total. The van der Waals surface area contributed by atoms with Gasteiger partial charge in [0.05, 0.1) is 25.2 Å². The second-order valence-electron chi connectivity index (χ2n) is 4.51. The summed E-state index contributed by atoms with van der Waals surface area (Å²) in [7, 11) is 0. The summed E-state index contributed by atoms with van der Waals surface area (Å²) in [5.74, 6) is 0. The predicted octanol–water partition coefficient (Wildman–Crippen LogP) is 2.76. The van der Waals surface area contributed by atoms with Gasteiger partial charge in [-0.25, -0.2) is 0 Å². The Morgan fingerprint density at radius 3 is 2.32 bits per heavy atom. The van der Waals surface area contributed by atoms with Gasteiger partial charge in [-0.05, 0) is 38.5 Å². The molecular formula is C15H28O4. The summed E-state index contributed by atoms with van der Waals surface area (Å²) >= 11 is 0. The zero-order chi connectivity index (χ0) is 14.3. The van der Waals surface area contributed by atoms with Crippen molar-refractivity contribution in [1.82, 2.24) is 0 Å². The van der Waals surface area contributed by atoms with E-state index < -0.39 is 6.10 Å². The Morgan fingerprint density at radius 2 is 1.68 bits per heavy atom. The molecule has 0 aromatic rings. The lowest BCUT2D eigenvalue weighted by Crippen LogP contribution is -2.27. The second kappa shape index (κ2) is 13.4. The van der Waals surface area contributed by atoms with E-state index in [1.807, 2.05) is 0 Å². The fraction of sp³-hybridized carbons (Fsp3) is 0.733. The van der Waals surface area contributed by atoms with E-state index in [4.69, 9.17) is 14.6 Å². The summed E-state index contributed by atoms with van der Waals surface area (Å²) < 4.78 is 10.4. The minimum absolute atomic E-state index is 0.181. The summed E-state index contributed by atoms with van der Waals surface area (Å²) in [5.41, 5.74) is 0. The zero-order valence-corrected chi connectivity index (χ0v) is 11.8. The SMILES string of the molecule is C=COCCCCCC(O)C(CCCCO)OC=C. The van der Waals surface area contributed by atoms with Gasteiger partial charge in [-0.2, -0.15) is 0 Å². The second-order valence-corrected chi connectivity index (χ2v) is 4.51. The molecule has 0 saturated carbocycles. The zero-order valence-electron chi connectivity index (χ0n) is 11.8. The van der Waals surface area contributed by atoms with Crippen LogP contribution >= 0.6 is 0 Å². The van der Waals surface area contributed by atoms with E-state index in [1.165, 1.54) is 12.5 Å². The molecule has 0 aromatic carbocycles. The third kappa shape index (κ3) is 10.6. The van der Waals surface area contributed by atoms with Crippen LogP contribution in [0.25, 0.3) is 0 Å². The van der Waals surface area contributed by atoms with Gasteiger partial charge >= 0.3 is 0 Å². The van der Waals surface area contributed by atoms with Crippen molar-refractivity contribution < 1.29 is 19.7 Å². The molecule has 0 aliphatic carbocycles. The largest absolute Gasteiger partial charge is 0.502 e. The van der Waals surface area contributed by atoms with E-state index in [1.54, 1.807) is 0 Å². The lowest BCUT2D eigenvalue weighted by molar-refractivity contribution is -0.00300. The number of ether oxygens (including phenoxy) is 2. The maximum Gasteiger partial charge on any atom is 0.124 e. The molecule has 2 unspecified atom stereocenters. The Hall–Kier alpha value is -1.00. The van der Waals surface area contributed by atoms with E-state index in [0.717, 1.165) is 38.5 Å². The van der Waals surface area contributed by atoms with Gasteiger partial charge in [0.1, 0.15) is 6.10 Å². The van der Waals surface area contributed by atoms with Crippen LogP contribution in [0.15, 0.2) is 25.7 Å². The summed E-state index contributed by atoms with van der Waals surface area (Å²) in [6, 6.07) is 0. The lowest BCUT2D eigenvalue weighted by atomic mass is 10.0. The van der Waals surface area contributed by atoms with Crippen LogP contribution in [0.5, 0.6) is 0 Å². The summed E-state index contributed by atoms with van der Waals surface area (Å²) in [6.45, 7) is 7.88. The Morgan fingerprint density at radius 1 is 0.947 bits per heavy atom. The van der Waals surface area contributed by atoms with E-state index in [-0.39, 0.29) is 12.7 Å². The Bertz CT molecular complexity index is 218. The van der Waals surface area contributed by atoms with Gasteiger partial charge in [0.25, 0.3) is 0 Å². The molecule has 4 heteroatoms. The molecule has 0 heterocycles. The van der Waals surface area contributed by atoms with Crippen LogP contribution in [0.3, 0.4) is 0 Å². The molecule has 19 heavy (non-hydrogen) atoms. The topological polar surface area (TPSA) is 58.9 Å². The van der Waals surface area contributed by atoms with Crippen molar-refractivity contribution in [3.05, 3.63) is 25.7 Å². The van der Waals surface area contributed by atoms with Crippen molar-refractivity contribution in [3.63, 3.8) is 0 Å². The number of aliphatic hydroxyl groups excluding tert-OH is 2. The number of aliphatic hydroxyl groups is 2. The molecule has 112 valence electrons. The van der Waals surface area contributed by atoms with Gasteiger partial charge in [-0.1, -0.05) is 19.6 Å². The van der Waals surface area contributed by atoms with E-state index >= 15 is 0 Å². The normalized spacial score (nSPS) is 13.6. The van der Waals surface area contributed by atoms with Gasteiger partial charge in [0.15, 0.2) is 0 Å². The predicted molar refractivity (Wildman–Crippen MR) is 76.6 cm³/mol. The highest BCUT2D eigenvalue weighted by Crippen LogP contribution is 2.15. The van der Waals surface area contributed by atoms with Gasteiger partial charge in [-0.15, -0.1) is 0 Å². The van der Waals surface area contributed by atoms with E-state index in [0.29, 0.717) is 13.0 Å². The number of hydrogen-bond donors (Lipinski definition) is 2. The van der Waals surface area contributed by atoms with Crippen LogP contribution < -0.4 is 0 Å². The van der Waals surface area contributed by atoms with Crippen molar-refractivity contribution in [3.8, 4) is 0 Å². The third-order valence-electron chi connectivity index (χ3n) is 2.98. The van der Waals surface area contributed by atoms with Gasteiger partial charge in [-0.3, -0.25) is 0 Å². The molecule has 0 amide bonds. The molecule has 0 aliphatic heterocycles. The molecule has 0 spiro atoms. The molecule has 0 aromatic heterocycles. The molecular weight excluding hydrogens is 244 g/mol. The van der Waals surface area contributed by atoms with E-state index in [2.05, 4.69) is 13.2 Å². The van der Waals surface area contributed by atoms with Gasteiger partial charge < -0.3 is 19.7 Å². The minimum atomic E-state index is -0.475. The average Bonchev–Trinajstić information content (AvgIpc) is 2.41. The van der Waals surface area contributed by atoms with Gasteiger partial charge in [0.2, 0.25) is 0 Å². The quantitative estimate of drug-likeness (QED) is 0.377. The Balaban J connectivity index is 3.73. The molecule has 0 saturated heterocycles. The molecule has 2 atom stereocenters. The smallest absolute Gasteiger partial charge is 0.124 e. The summed E-state index contributed by atoms with van der Waals surface area (Å²) in [5, 5.41) is 18.8. The molecule has 0 aliphatic rings. The highest BCUT2D eigenvalue weighted by molar-refractivity contribution is 4.72. The summed E-state index contributed by atoms with van der Waals surface area (Å²) in [4.78, 5) is 0. The number of rotatable bonds is 14. The fourth-order valence-corrected chi connectivity index (χ4v) is 1.92. The van der Waals surface area contributed by atoms with Crippen molar-refractivity contribution in [2.45, 2.75) is 57.2 Å². The highest BCUT2D eigenvalue weighted by atomic mass is 16.5. The number of unbranched alkanes of at least 4 members (excludes halogenated alkanes) is 3. The van der Waals surface area contributed by atoms with Crippen molar-refractivity contribution in [2.75, 3.05) is 13.2 Å². The van der Waals surface area contributed by atoms with Crippen LogP contribution in [0, 0.1) is 0 Å². The van der Waals surface area contributed by atoms with Crippen molar-refractivity contribution >= 4 is 0 Å². The maximum atomic E-state index is 10.1. The first kappa shape index (κ1) is 18.0. The Kier molecular flexibility index (Phi) is 12.7. The Labute approximate surface area is 116 Å². The van der Waals surface area contributed by atoms with Crippen LogP contribution in [0.1, 0.15) is 44.9 Å². The third-order valence-corrected chi connectivity index (χ3v) is 2.98. The first-order valence-electron chi connectivity index (χ1n) is 7.04. The van der Waals surface area contributed by atoms with E-state index in [9.17, 15) is 5.11 Å². The van der Waals surface area contributed by atoms with Crippen LogP contribution in [0.4, 0.5) is 0 Å². The first-order chi connectivity index (χ1) is 9.26. The van der Waals surface area contributed by atoms with Crippen LogP contribution in [-0.4, -0.2) is 35.6 Å². The summed E-state index contributed by atoms with van der Waals surface area (Å²) in [6.07, 6.45) is 8.11. The van der Waals surface area contributed by atoms with Gasteiger partial charge in [0, 0.05) is 6.61 Å². The standard InChI is InChI=1S/C15H28O4/c1-3-18-13-9-5-6-10-14(17)15(19-4-2)11-7-8-12-16/h3-4,14-17H,1-2,5-13H2. The van der Waals surface area contributed by atoms with Crippen molar-refractivity contribution in [2.24, 2.45) is 0 Å². The molecule has 0 bridgehead atoms. The minimum Gasteiger partial charge on any atom is -0.502 e. The van der Waals surface area contributed by atoms with Crippen LogP contribution in [0.2, 0.25) is 0 Å².